The molecule has 14 heavy (non-hydrogen) atoms. The highest BCUT2D eigenvalue weighted by Gasteiger charge is 2.39. The smallest absolute Gasteiger partial charge is 0.0601 e. The molecule has 82 valence electrons. The zero-order valence-corrected chi connectivity index (χ0v) is 9.49. The van der Waals surface area contributed by atoms with Crippen LogP contribution in [-0.4, -0.2) is 49.3 Å². The fraction of sp³-hybridized carbons (Fsp3) is 1.00. The van der Waals surface area contributed by atoms with Crippen LogP contribution in [0, 0.1) is 0 Å². The van der Waals surface area contributed by atoms with Gasteiger partial charge in [0.15, 0.2) is 0 Å². The van der Waals surface area contributed by atoms with E-state index in [1.54, 1.807) is 0 Å². The molecule has 3 heteroatoms. The topological polar surface area (TPSA) is 24.5 Å². The quantitative estimate of drug-likeness (QED) is 0.712. The lowest BCUT2D eigenvalue weighted by Gasteiger charge is -2.50. The molecule has 0 bridgehead atoms. The number of piperazine rings is 1. The standard InChI is InChI=1S/C11H22N2O/c1-8-6-12-7-9(2)13(8)10-4-11(5-10)14-3/h8-12H,4-7H2,1-3H3/t8-,9+,10?,11?. The van der Waals surface area contributed by atoms with E-state index in [0.29, 0.717) is 18.2 Å². The molecule has 1 aliphatic carbocycles. The van der Waals surface area contributed by atoms with Gasteiger partial charge in [0.1, 0.15) is 0 Å². The Balaban J connectivity index is 1.89. The van der Waals surface area contributed by atoms with Gasteiger partial charge in [-0.1, -0.05) is 0 Å². The summed E-state index contributed by atoms with van der Waals surface area (Å²) in [5.41, 5.74) is 0. The molecule has 1 N–H and O–H groups in total. The molecule has 2 atom stereocenters. The van der Waals surface area contributed by atoms with Crippen molar-refractivity contribution in [3.05, 3.63) is 0 Å². The van der Waals surface area contributed by atoms with Gasteiger partial charge in [0.25, 0.3) is 0 Å². The highest BCUT2D eigenvalue weighted by molar-refractivity contribution is 4.95. The lowest BCUT2D eigenvalue weighted by molar-refractivity contribution is -0.0593. The van der Waals surface area contributed by atoms with Gasteiger partial charge in [0, 0.05) is 38.3 Å². The Labute approximate surface area is 86.8 Å². The second-order valence-electron chi connectivity index (χ2n) is 4.79. The third-order valence-electron chi connectivity index (χ3n) is 3.72. The van der Waals surface area contributed by atoms with Crippen LogP contribution in [0.2, 0.25) is 0 Å². The van der Waals surface area contributed by atoms with Gasteiger partial charge in [-0.15, -0.1) is 0 Å². The molecule has 0 amide bonds. The van der Waals surface area contributed by atoms with Crippen molar-refractivity contribution >= 4 is 0 Å². The first-order chi connectivity index (χ1) is 6.72. The van der Waals surface area contributed by atoms with Gasteiger partial charge < -0.3 is 10.1 Å². The molecule has 0 aromatic carbocycles. The van der Waals surface area contributed by atoms with E-state index in [2.05, 4.69) is 24.1 Å². The first-order valence-corrected chi connectivity index (χ1v) is 5.73. The normalized spacial score (nSPS) is 44.8. The molecule has 2 fully saturated rings. The van der Waals surface area contributed by atoms with Gasteiger partial charge in [-0.3, -0.25) is 4.90 Å². The predicted octanol–water partition coefficient (Wildman–Crippen LogP) is 0.846. The lowest BCUT2D eigenvalue weighted by Crippen LogP contribution is -2.62. The van der Waals surface area contributed by atoms with Crippen molar-refractivity contribution in [2.75, 3.05) is 20.2 Å². The minimum absolute atomic E-state index is 0.522. The summed E-state index contributed by atoms with van der Waals surface area (Å²) in [4.78, 5) is 2.67. The Hall–Kier alpha value is -0.120. The summed E-state index contributed by atoms with van der Waals surface area (Å²) in [5, 5.41) is 3.47. The first-order valence-electron chi connectivity index (χ1n) is 5.73. The Kier molecular flexibility index (Phi) is 3.10. The highest BCUT2D eigenvalue weighted by atomic mass is 16.5. The molecule has 2 rings (SSSR count). The lowest BCUT2D eigenvalue weighted by atomic mass is 9.85. The van der Waals surface area contributed by atoms with Crippen molar-refractivity contribution < 1.29 is 4.74 Å². The van der Waals surface area contributed by atoms with E-state index in [-0.39, 0.29) is 0 Å². The molecule has 3 nitrogen and oxygen atoms in total. The van der Waals surface area contributed by atoms with Crippen molar-refractivity contribution in [2.24, 2.45) is 0 Å². The van der Waals surface area contributed by atoms with E-state index < -0.39 is 0 Å². The van der Waals surface area contributed by atoms with Crippen molar-refractivity contribution in [1.29, 1.82) is 0 Å². The van der Waals surface area contributed by atoms with Gasteiger partial charge in [0.2, 0.25) is 0 Å². The summed E-state index contributed by atoms with van der Waals surface area (Å²) in [5.74, 6) is 0. The average Bonchev–Trinajstić information content (AvgIpc) is 2.08. The van der Waals surface area contributed by atoms with Crippen LogP contribution in [0.3, 0.4) is 0 Å². The van der Waals surface area contributed by atoms with E-state index in [0.717, 1.165) is 19.1 Å². The largest absolute Gasteiger partial charge is 0.381 e. The van der Waals surface area contributed by atoms with Crippen LogP contribution < -0.4 is 5.32 Å². The molecule has 1 aliphatic heterocycles. The Morgan fingerprint density at radius 1 is 1.14 bits per heavy atom. The molecule has 2 aliphatic rings. The van der Waals surface area contributed by atoms with Crippen LogP contribution in [0.4, 0.5) is 0 Å². The average molecular weight is 198 g/mol. The van der Waals surface area contributed by atoms with Gasteiger partial charge in [-0.25, -0.2) is 0 Å². The maximum Gasteiger partial charge on any atom is 0.0601 e. The maximum absolute atomic E-state index is 5.34. The zero-order chi connectivity index (χ0) is 10.1. The molecular weight excluding hydrogens is 176 g/mol. The molecule has 1 saturated heterocycles. The van der Waals surface area contributed by atoms with Gasteiger partial charge in [0.05, 0.1) is 6.10 Å². The van der Waals surface area contributed by atoms with Crippen LogP contribution in [0.5, 0.6) is 0 Å². The molecule has 0 aromatic heterocycles. The number of nitrogens with one attached hydrogen (secondary N) is 1. The second kappa shape index (κ2) is 4.17. The molecule has 0 spiro atoms. The number of ether oxygens (including phenoxy) is 1. The van der Waals surface area contributed by atoms with Crippen molar-refractivity contribution in [3.63, 3.8) is 0 Å². The summed E-state index contributed by atoms with van der Waals surface area (Å²) in [6, 6.07) is 2.13. The number of methoxy groups -OCH3 is 1. The summed E-state index contributed by atoms with van der Waals surface area (Å²) >= 11 is 0. The summed E-state index contributed by atoms with van der Waals surface area (Å²) < 4.78 is 5.34. The minimum Gasteiger partial charge on any atom is -0.381 e. The Bertz CT molecular complexity index is 182. The maximum atomic E-state index is 5.34. The number of hydrogen-bond acceptors (Lipinski definition) is 3. The zero-order valence-electron chi connectivity index (χ0n) is 9.49. The van der Waals surface area contributed by atoms with Crippen LogP contribution >= 0.6 is 0 Å². The number of rotatable bonds is 2. The van der Waals surface area contributed by atoms with E-state index in [1.807, 2.05) is 7.11 Å². The summed E-state index contributed by atoms with van der Waals surface area (Å²) in [6.45, 7) is 6.92. The van der Waals surface area contributed by atoms with Crippen LogP contribution in [0.25, 0.3) is 0 Å². The SMILES string of the molecule is COC1CC(N2[C@H](C)CNC[C@@H]2C)C1. The van der Waals surface area contributed by atoms with Crippen molar-refractivity contribution in [1.82, 2.24) is 10.2 Å². The van der Waals surface area contributed by atoms with Crippen LogP contribution in [-0.2, 0) is 4.74 Å². The van der Waals surface area contributed by atoms with Gasteiger partial charge in [-0.2, -0.15) is 0 Å². The van der Waals surface area contributed by atoms with E-state index in [4.69, 9.17) is 4.74 Å². The van der Waals surface area contributed by atoms with E-state index in [9.17, 15) is 0 Å². The molecule has 1 saturated carbocycles. The molecule has 0 radical (unpaired) electrons. The summed E-state index contributed by atoms with van der Waals surface area (Å²) in [7, 11) is 1.82. The van der Waals surface area contributed by atoms with Crippen LogP contribution in [0.15, 0.2) is 0 Å². The molecular formula is C11H22N2O. The molecule has 0 aromatic rings. The second-order valence-corrected chi connectivity index (χ2v) is 4.79. The summed E-state index contributed by atoms with van der Waals surface area (Å²) in [6.07, 6.45) is 2.98. The third kappa shape index (κ3) is 1.81. The Morgan fingerprint density at radius 3 is 2.21 bits per heavy atom. The fourth-order valence-electron chi connectivity index (χ4n) is 2.84. The van der Waals surface area contributed by atoms with Crippen molar-refractivity contribution in [2.45, 2.75) is 50.9 Å². The van der Waals surface area contributed by atoms with E-state index in [1.165, 1.54) is 12.8 Å². The van der Waals surface area contributed by atoms with Gasteiger partial charge >= 0.3 is 0 Å². The fourth-order valence-corrected chi connectivity index (χ4v) is 2.84. The van der Waals surface area contributed by atoms with Crippen molar-refractivity contribution in [3.8, 4) is 0 Å². The third-order valence-corrected chi connectivity index (χ3v) is 3.72. The highest BCUT2D eigenvalue weighted by Crippen LogP contribution is 2.31. The first kappa shape index (κ1) is 10.4. The predicted molar refractivity (Wildman–Crippen MR) is 57.5 cm³/mol. The number of hydrogen-bond donors (Lipinski definition) is 1. The number of nitrogens with zero attached hydrogens (tertiary/aromatic N) is 1. The van der Waals surface area contributed by atoms with Crippen LogP contribution in [0.1, 0.15) is 26.7 Å². The monoisotopic (exact) mass is 198 g/mol. The van der Waals surface area contributed by atoms with Gasteiger partial charge in [-0.05, 0) is 26.7 Å². The Morgan fingerprint density at radius 2 is 1.71 bits per heavy atom. The molecule has 1 heterocycles. The molecule has 0 unspecified atom stereocenters. The van der Waals surface area contributed by atoms with E-state index >= 15 is 0 Å². The minimum atomic E-state index is 0.522.